The summed E-state index contributed by atoms with van der Waals surface area (Å²) >= 11 is 0. The van der Waals surface area contributed by atoms with Gasteiger partial charge in [0.15, 0.2) is 23.4 Å². The highest BCUT2D eigenvalue weighted by Gasteiger charge is 2.72. The third kappa shape index (κ3) is 1.52. The number of hydrogen-bond acceptors (Lipinski definition) is 5. The monoisotopic (exact) mass is 354 g/mol. The van der Waals surface area contributed by atoms with Gasteiger partial charge >= 0.3 is 0 Å². The van der Waals surface area contributed by atoms with Crippen LogP contribution in [0, 0.1) is 0 Å². The Morgan fingerprint density at radius 1 is 1.46 bits per heavy atom. The molecule has 0 amide bonds. The highest BCUT2D eigenvalue weighted by atomic mass is 35.5. The van der Waals surface area contributed by atoms with Crippen LogP contribution < -0.4 is 9.47 Å². The van der Waals surface area contributed by atoms with Crippen LogP contribution >= 0.6 is 12.4 Å². The summed E-state index contributed by atoms with van der Waals surface area (Å²) in [5.74, 6) is 0.433. The van der Waals surface area contributed by atoms with Crippen molar-refractivity contribution < 1.29 is 23.5 Å². The fourth-order valence-corrected chi connectivity index (χ4v) is 5.60. The van der Waals surface area contributed by atoms with Crippen LogP contribution in [-0.2, 0) is 16.6 Å². The molecule has 2 bridgehead atoms. The number of aliphatic hydroxyl groups is 1. The van der Waals surface area contributed by atoms with Crippen molar-refractivity contribution in [2.24, 2.45) is 0 Å². The van der Waals surface area contributed by atoms with E-state index < -0.39 is 24.2 Å². The number of benzene rings is 1. The summed E-state index contributed by atoms with van der Waals surface area (Å²) in [5, 5.41) is 11.8. The first-order valence-electron chi connectivity index (χ1n) is 9.65. The van der Waals surface area contributed by atoms with Crippen LogP contribution in [0.5, 0.6) is 11.5 Å². The first-order valence-corrected chi connectivity index (χ1v) is 8.15. The normalized spacial score (nSPS) is 41.2. The molecule has 1 aromatic carbocycles. The molecule has 130 valence electrons. The molecule has 6 heteroatoms. The maximum atomic E-state index is 12.7. The van der Waals surface area contributed by atoms with E-state index in [2.05, 4.69) is 4.90 Å². The largest absolute Gasteiger partial charge is 0.493 e. The van der Waals surface area contributed by atoms with Gasteiger partial charge in [0.1, 0.15) is 0 Å². The summed E-state index contributed by atoms with van der Waals surface area (Å²) in [7, 11) is -0.599. The lowest BCUT2D eigenvalue weighted by Gasteiger charge is -2.62. The first-order chi connectivity index (χ1) is 12.2. The Labute approximate surface area is 151 Å². The minimum atomic E-state index is -2.61. The molecule has 0 radical (unpaired) electrons. The molecule has 0 aromatic heterocycles. The zero-order valence-electron chi connectivity index (χ0n) is 16.4. The second-order valence-corrected chi connectivity index (χ2v) is 7.34. The maximum Gasteiger partial charge on any atom is 0.174 e. The van der Waals surface area contributed by atoms with E-state index in [4.69, 9.17) is 13.6 Å². The van der Waals surface area contributed by atoms with E-state index >= 15 is 0 Å². The summed E-state index contributed by atoms with van der Waals surface area (Å²) in [6.07, 6.45) is 1.16. The Bertz CT molecular complexity index is 832. The molecule has 4 aliphatic rings. The lowest BCUT2D eigenvalue weighted by Crippen LogP contribution is -2.76. The fourth-order valence-electron chi connectivity index (χ4n) is 5.60. The van der Waals surface area contributed by atoms with Crippen LogP contribution in [-0.4, -0.2) is 54.2 Å². The minimum absolute atomic E-state index is 0. The van der Waals surface area contributed by atoms with Gasteiger partial charge in [0.05, 0.1) is 22.2 Å². The van der Waals surface area contributed by atoms with Crippen molar-refractivity contribution in [3.8, 4) is 11.5 Å². The molecule has 24 heavy (non-hydrogen) atoms. The van der Waals surface area contributed by atoms with Gasteiger partial charge in [0.25, 0.3) is 0 Å². The average Bonchev–Trinajstić information content (AvgIpc) is 2.90. The van der Waals surface area contributed by atoms with Gasteiger partial charge in [-0.25, -0.2) is 0 Å². The van der Waals surface area contributed by atoms with Gasteiger partial charge in [-0.3, -0.25) is 4.79 Å². The van der Waals surface area contributed by atoms with E-state index in [9.17, 15) is 9.90 Å². The molecule has 1 saturated carbocycles. The second-order valence-electron chi connectivity index (χ2n) is 7.34. The van der Waals surface area contributed by atoms with Crippen molar-refractivity contribution in [1.29, 1.82) is 0 Å². The number of likely N-dealkylation sites (N-methyl/N-ethyl adjacent to an activating group) is 1. The number of likely N-dealkylation sites (tertiary alicyclic amines) is 1. The van der Waals surface area contributed by atoms with Crippen molar-refractivity contribution in [1.82, 2.24) is 4.90 Å². The molecule has 2 aliphatic heterocycles. The number of piperidine rings is 1. The predicted molar refractivity (Wildman–Crippen MR) is 90.3 cm³/mol. The summed E-state index contributed by atoms with van der Waals surface area (Å²) in [5.41, 5.74) is -0.0631. The van der Waals surface area contributed by atoms with Gasteiger partial charge in [-0.2, -0.15) is 0 Å². The third-order valence-electron chi connectivity index (χ3n) is 6.62. The molecular weight excluding hydrogens is 330 g/mol. The van der Waals surface area contributed by atoms with Crippen molar-refractivity contribution >= 4 is 18.2 Å². The number of methoxy groups -OCH3 is 1. The van der Waals surface area contributed by atoms with Crippen molar-refractivity contribution in [2.45, 2.75) is 48.8 Å². The molecule has 0 unspecified atom stereocenters. The molecule has 1 saturated heterocycles. The zero-order chi connectivity index (χ0) is 18.5. The first kappa shape index (κ1) is 13.0. The maximum absolute atomic E-state index is 12.7. The van der Waals surface area contributed by atoms with Gasteiger partial charge in [-0.15, -0.1) is 12.4 Å². The third-order valence-corrected chi connectivity index (χ3v) is 6.62. The molecule has 4 atom stereocenters. The van der Waals surface area contributed by atoms with Crippen molar-refractivity contribution in [3.63, 3.8) is 0 Å². The number of Topliss-reactive ketones (excluding diaryl/α,β-unsaturated/α-hetero) is 1. The SMILES string of the molecule is Cl.[2H]C([2H])([2H])Oc1ccc2c3c1O[C@H]1C(=O)CC[C@@]4(O)[C@H](C2)N(C)CC[C@]314. The van der Waals surface area contributed by atoms with Gasteiger partial charge in [-0.05, 0) is 44.5 Å². The van der Waals surface area contributed by atoms with E-state index in [1.54, 1.807) is 6.07 Å². The van der Waals surface area contributed by atoms with Crippen LogP contribution in [0.15, 0.2) is 12.1 Å². The number of carbonyl (C=O) groups is 1. The van der Waals surface area contributed by atoms with E-state index in [0.29, 0.717) is 25.0 Å². The van der Waals surface area contributed by atoms with Gasteiger partial charge in [-0.1, -0.05) is 6.07 Å². The van der Waals surface area contributed by atoms with Gasteiger partial charge in [0, 0.05) is 18.0 Å². The molecule has 1 spiro atoms. The van der Waals surface area contributed by atoms with Crippen molar-refractivity contribution in [3.05, 3.63) is 23.3 Å². The summed E-state index contributed by atoms with van der Waals surface area (Å²) < 4.78 is 33.5. The Morgan fingerprint density at radius 3 is 3.08 bits per heavy atom. The fraction of sp³-hybridized carbons (Fsp3) is 0.611. The van der Waals surface area contributed by atoms with E-state index in [-0.39, 0.29) is 36.4 Å². The smallest absolute Gasteiger partial charge is 0.174 e. The Kier molecular flexibility index (Phi) is 2.63. The lowest BCUT2D eigenvalue weighted by atomic mass is 9.49. The Morgan fingerprint density at radius 2 is 2.29 bits per heavy atom. The molecule has 1 aromatic rings. The molecule has 5 rings (SSSR count). The van der Waals surface area contributed by atoms with Gasteiger partial charge < -0.3 is 19.5 Å². The number of halogens is 1. The number of nitrogens with zero attached hydrogens (tertiary/aromatic N) is 1. The number of ether oxygens (including phenoxy) is 2. The summed E-state index contributed by atoms with van der Waals surface area (Å²) in [6.45, 7) is 0.753. The van der Waals surface area contributed by atoms with Crippen LogP contribution in [0.25, 0.3) is 0 Å². The standard InChI is InChI=1S/C18H21NO4.ClH/c1-19-8-7-17-14-10-3-4-12(22-2)15(14)23-16(17)11(20)5-6-18(17,21)13(19)9-10;/h3-4,13,16,21H,5-9H2,1-2H3;1H/t13-,16-,17-,18+;/m0./s1/i2D3;. The van der Waals surface area contributed by atoms with E-state index in [1.807, 2.05) is 13.1 Å². The number of ketones is 1. The van der Waals surface area contributed by atoms with E-state index in [0.717, 1.165) is 17.7 Å². The lowest BCUT2D eigenvalue weighted by molar-refractivity contribution is -0.185. The Hall–Kier alpha value is -1.30. The number of rotatable bonds is 1. The van der Waals surface area contributed by atoms with Crippen molar-refractivity contribution in [2.75, 3.05) is 20.6 Å². The molecule has 2 aliphatic carbocycles. The van der Waals surface area contributed by atoms with Crippen LogP contribution in [0.3, 0.4) is 0 Å². The zero-order valence-corrected chi connectivity index (χ0v) is 14.2. The highest BCUT2D eigenvalue weighted by molar-refractivity contribution is 5.90. The molecule has 5 nitrogen and oxygen atoms in total. The predicted octanol–water partition coefficient (Wildman–Crippen LogP) is 1.47. The number of carbonyl (C=O) groups excluding carboxylic acids is 1. The molecule has 2 heterocycles. The Balaban J connectivity index is 0.00000180. The summed E-state index contributed by atoms with van der Waals surface area (Å²) in [6, 6.07) is 3.39. The number of hydrogen-bond donors (Lipinski definition) is 1. The summed E-state index contributed by atoms with van der Waals surface area (Å²) in [4.78, 5) is 14.9. The molecule has 2 fully saturated rings. The van der Waals surface area contributed by atoms with Crippen LogP contribution in [0.2, 0.25) is 0 Å². The molecule has 1 N–H and O–H groups in total. The highest BCUT2D eigenvalue weighted by Crippen LogP contribution is 2.64. The quantitative estimate of drug-likeness (QED) is 0.827. The van der Waals surface area contributed by atoms with Crippen LogP contribution in [0.1, 0.15) is 34.5 Å². The average molecular weight is 355 g/mol. The second kappa shape index (κ2) is 4.87. The topological polar surface area (TPSA) is 59.0 Å². The van der Waals surface area contributed by atoms with Crippen LogP contribution in [0.4, 0.5) is 0 Å². The minimum Gasteiger partial charge on any atom is -0.493 e. The molecular formula is C18H22ClNO4. The van der Waals surface area contributed by atoms with Gasteiger partial charge in [0.2, 0.25) is 0 Å². The van der Waals surface area contributed by atoms with E-state index in [1.165, 1.54) is 0 Å².